The minimum atomic E-state index is 0.355. The molecule has 1 atom stereocenters. The van der Waals surface area contributed by atoms with E-state index in [0.29, 0.717) is 12.0 Å². The van der Waals surface area contributed by atoms with Crippen LogP contribution in [0.1, 0.15) is 44.1 Å². The Hall–Kier alpha value is -1.30. The molecule has 6 heteroatoms. The highest BCUT2D eigenvalue weighted by Crippen LogP contribution is 2.21. The molecule has 1 aromatic carbocycles. The molecule has 1 aromatic rings. The van der Waals surface area contributed by atoms with Gasteiger partial charge in [-0.05, 0) is 43.4 Å². The Morgan fingerprint density at radius 1 is 1.26 bits per heavy atom. The zero-order chi connectivity index (χ0) is 19.5. The number of nitrogens with one attached hydrogen (secondary N) is 1. The van der Waals surface area contributed by atoms with Crippen molar-refractivity contribution in [2.45, 2.75) is 44.6 Å². The molecule has 1 unspecified atom stereocenters. The smallest absolute Gasteiger partial charge is 0.193 e. The first-order valence-corrected chi connectivity index (χ1v) is 10.4. The van der Waals surface area contributed by atoms with Crippen molar-refractivity contribution in [3.05, 3.63) is 34.9 Å². The van der Waals surface area contributed by atoms with Crippen molar-refractivity contribution in [3.63, 3.8) is 0 Å². The summed E-state index contributed by atoms with van der Waals surface area (Å²) in [6.07, 6.45) is 4.48. The molecule has 5 nitrogen and oxygen atoms in total. The van der Waals surface area contributed by atoms with E-state index in [-0.39, 0.29) is 0 Å². The van der Waals surface area contributed by atoms with Crippen LogP contribution in [0, 0.1) is 0 Å². The van der Waals surface area contributed by atoms with E-state index in [0.717, 1.165) is 69.5 Å². The third-order valence-corrected chi connectivity index (χ3v) is 5.39. The fourth-order valence-corrected chi connectivity index (χ4v) is 3.59. The topological polar surface area (TPSA) is 46.1 Å². The van der Waals surface area contributed by atoms with Gasteiger partial charge in [-0.3, -0.25) is 4.99 Å². The van der Waals surface area contributed by atoms with Gasteiger partial charge in [-0.15, -0.1) is 0 Å². The van der Waals surface area contributed by atoms with Crippen LogP contribution in [0.3, 0.4) is 0 Å². The second-order valence-corrected chi connectivity index (χ2v) is 7.42. The van der Waals surface area contributed by atoms with E-state index in [9.17, 15) is 0 Å². The molecule has 152 valence electrons. The van der Waals surface area contributed by atoms with Crippen molar-refractivity contribution in [2.24, 2.45) is 4.99 Å². The van der Waals surface area contributed by atoms with E-state index in [2.05, 4.69) is 34.3 Å². The molecule has 0 bridgehead atoms. The van der Waals surface area contributed by atoms with E-state index < -0.39 is 0 Å². The highest BCUT2D eigenvalue weighted by molar-refractivity contribution is 6.30. The number of benzene rings is 1. The molecule has 27 heavy (non-hydrogen) atoms. The van der Waals surface area contributed by atoms with Crippen LogP contribution in [-0.4, -0.2) is 64.0 Å². The number of piperidine rings is 1. The maximum Gasteiger partial charge on any atom is 0.193 e. The second kappa shape index (κ2) is 12.2. The number of guanidine groups is 1. The first kappa shape index (κ1) is 22.0. The average Bonchev–Trinajstić information content (AvgIpc) is 2.70. The highest BCUT2D eigenvalue weighted by Gasteiger charge is 2.22. The predicted octanol–water partition coefficient (Wildman–Crippen LogP) is 3.93. The van der Waals surface area contributed by atoms with Gasteiger partial charge in [0.2, 0.25) is 0 Å². The van der Waals surface area contributed by atoms with Crippen LogP contribution in [0.15, 0.2) is 29.3 Å². The number of ether oxygens (including phenoxy) is 2. The zero-order valence-electron chi connectivity index (χ0n) is 16.9. The summed E-state index contributed by atoms with van der Waals surface area (Å²) in [6.45, 7) is 6.60. The van der Waals surface area contributed by atoms with Crippen LogP contribution in [0.25, 0.3) is 0 Å². The predicted molar refractivity (Wildman–Crippen MR) is 113 cm³/mol. The van der Waals surface area contributed by atoms with Crippen molar-refractivity contribution in [3.8, 4) is 0 Å². The summed E-state index contributed by atoms with van der Waals surface area (Å²) in [6, 6.07) is 8.16. The van der Waals surface area contributed by atoms with Crippen LogP contribution in [0.5, 0.6) is 0 Å². The monoisotopic (exact) mass is 395 g/mol. The molecule has 1 heterocycles. The van der Waals surface area contributed by atoms with Gasteiger partial charge in [0.15, 0.2) is 5.96 Å². The zero-order valence-corrected chi connectivity index (χ0v) is 17.7. The number of halogens is 1. The summed E-state index contributed by atoms with van der Waals surface area (Å²) in [4.78, 5) is 6.83. The summed E-state index contributed by atoms with van der Waals surface area (Å²) in [5.41, 5.74) is 1.31. The maximum atomic E-state index is 6.01. The standard InChI is InChI=1S/C21H34ClN3O2/c1-4-17(18-6-8-19(22)9-7-18)16-24-21(23-2)25-12-10-20(11-13-25)27-15-5-14-26-3/h6-9,17,20H,4-5,10-16H2,1-3H3,(H,23,24). The van der Waals surface area contributed by atoms with Crippen molar-refractivity contribution in [1.29, 1.82) is 0 Å². The third-order valence-electron chi connectivity index (χ3n) is 5.14. The molecule has 0 radical (unpaired) electrons. The van der Waals surface area contributed by atoms with E-state index >= 15 is 0 Å². The Morgan fingerprint density at radius 3 is 2.56 bits per heavy atom. The Labute approximate surface area is 169 Å². The van der Waals surface area contributed by atoms with Crippen molar-refractivity contribution in [2.75, 3.05) is 47.0 Å². The molecule has 1 fully saturated rings. The van der Waals surface area contributed by atoms with E-state index in [4.69, 9.17) is 21.1 Å². The molecule has 0 aliphatic carbocycles. The largest absolute Gasteiger partial charge is 0.385 e. The Kier molecular flexibility index (Phi) is 9.95. The number of likely N-dealkylation sites (tertiary alicyclic amines) is 1. The number of rotatable bonds is 9. The van der Waals surface area contributed by atoms with Gasteiger partial charge in [0.25, 0.3) is 0 Å². The van der Waals surface area contributed by atoms with Crippen LogP contribution < -0.4 is 5.32 Å². The van der Waals surface area contributed by atoms with Gasteiger partial charge in [-0.1, -0.05) is 30.7 Å². The fourth-order valence-electron chi connectivity index (χ4n) is 3.47. The van der Waals surface area contributed by atoms with Crippen LogP contribution in [0.2, 0.25) is 5.02 Å². The number of aliphatic imine (C=N–C) groups is 1. The molecule has 1 aliphatic rings. The van der Waals surface area contributed by atoms with Crippen LogP contribution in [0.4, 0.5) is 0 Å². The van der Waals surface area contributed by atoms with Crippen LogP contribution in [-0.2, 0) is 9.47 Å². The Balaban J connectivity index is 1.77. The third kappa shape index (κ3) is 7.32. The van der Waals surface area contributed by atoms with E-state index in [1.54, 1.807) is 7.11 Å². The van der Waals surface area contributed by atoms with Gasteiger partial charge in [0.05, 0.1) is 6.10 Å². The van der Waals surface area contributed by atoms with Gasteiger partial charge >= 0.3 is 0 Å². The first-order chi connectivity index (χ1) is 13.2. The fraction of sp³-hybridized carbons (Fsp3) is 0.667. The Bertz CT molecular complexity index is 557. The van der Waals surface area contributed by atoms with E-state index in [1.807, 2.05) is 19.2 Å². The lowest BCUT2D eigenvalue weighted by atomic mass is 9.96. The molecule has 0 spiro atoms. The maximum absolute atomic E-state index is 6.01. The lowest BCUT2D eigenvalue weighted by Crippen LogP contribution is -2.47. The molecule has 1 aliphatic heterocycles. The van der Waals surface area contributed by atoms with Gasteiger partial charge < -0.3 is 19.7 Å². The molecule has 0 amide bonds. The Morgan fingerprint density at radius 2 is 1.96 bits per heavy atom. The number of nitrogens with zero attached hydrogens (tertiary/aromatic N) is 2. The summed E-state index contributed by atoms with van der Waals surface area (Å²) < 4.78 is 11.0. The average molecular weight is 396 g/mol. The van der Waals surface area contributed by atoms with Crippen molar-refractivity contribution >= 4 is 17.6 Å². The quantitative estimate of drug-likeness (QED) is 0.391. The molecule has 0 aromatic heterocycles. The molecule has 0 saturated carbocycles. The van der Waals surface area contributed by atoms with E-state index in [1.165, 1.54) is 5.56 Å². The first-order valence-electron chi connectivity index (χ1n) is 9.99. The van der Waals surface area contributed by atoms with Gasteiger partial charge in [0, 0.05) is 57.9 Å². The minimum absolute atomic E-state index is 0.355. The summed E-state index contributed by atoms with van der Waals surface area (Å²) in [7, 11) is 3.59. The normalized spacial score (nSPS) is 17.2. The molecule has 1 saturated heterocycles. The molecular weight excluding hydrogens is 362 g/mol. The number of hydrogen-bond acceptors (Lipinski definition) is 3. The SMILES string of the molecule is CCC(CNC(=NC)N1CCC(OCCCOC)CC1)c1ccc(Cl)cc1. The summed E-state index contributed by atoms with van der Waals surface area (Å²) in [5, 5.41) is 4.35. The number of methoxy groups -OCH3 is 1. The van der Waals surface area contributed by atoms with Crippen molar-refractivity contribution < 1.29 is 9.47 Å². The molecule has 1 N–H and O–H groups in total. The summed E-state index contributed by atoms with van der Waals surface area (Å²) in [5.74, 6) is 1.43. The minimum Gasteiger partial charge on any atom is -0.385 e. The summed E-state index contributed by atoms with van der Waals surface area (Å²) >= 11 is 6.01. The van der Waals surface area contributed by atoms with Gasteiger partial charge in [-0.2, -0.15) is 0 Å². The second-order valence-electron chi connectivity index (χ2n) is 6.99. The molecular formula is C21H34ClN3O2. The number of hydrogen-bond donors (Lipinski definition) is 1. The van der Waals surface area contributed by atoms with Gasteiger partial charge in [0.1, 0.15) is 0 Å². The highest BCUT2D eigenvalue weighted by atomic mass is 35.5. The van der Waals surface area contributed by atoms with Gasteiger partial charge in [-0.25, -0.2) is 0 Å². The lowest BCUT2D eigenvalue weighted by molar-refractivity contribution is 0.00990. The van der Waals surface area contributed by atoms with Crippen LogP contribution >= 0.6 is 11.6 Å². The molecule has 2 rings (SSSR count). The van der Waals surface area contributed by atoms with Crippen molar-refractivity contribution in [1.82, 2.24) is 10.2 Å². The lowest BCUT2D eigenvalue weighted by Gasteiger charge is -2.34.